The Labute approximate surface area is 102 Å². The molecule has 1 nitrogen and oxygen atoms in total. The third-order valence-electron chi connectivity index (χ3n) is 3.12. The molecule has 1 atom stereocenters. The van der Waals surface area contributed by atoms with Crippen molar-refractivity contribution in [2.45, 2.75) is 31.8 Å². The molecule has 0 radical (unpaired) electrons. The zero-order chi connectivity index (χ0) is 11.4. The van der Waals surface area contributed by atoms with Crippen LogP contribution in [0.4, 0.5) is 0 Å². The Morgan fingerprint density at radius 3 is 2.75 bits per heavy atom. The van der Waals surface area contributed by atoms with E-state index in [-0.39, 0.29) is 6.10 Å². The molecule has 0 N–H and O–H groups in total. The van der Waals surface area contributed by atoms with Crippen molar-refractivity contribution in [3.05, 3.63) is 46.5 Å². The minimum atomic E-state index is 0.210. The lowest BCUT2D eigenvalue weighted by Crippen LogP contribution is -2.20. The fourth-order valence-electron chi connectivity index (χ4n) is 2.24. The monoisotopic (exact) mass is 236 g/mol. The fourth-order valence-corrected chi connectivity index (χ4v) is 2.56. The van der Waals surface area contributed by atoms with Gasteiger partial charge in [-0.1, -0.05) is 41.9 Å². The summed E-state index contributed by atoms with van der Waals surface area (Å²) in [7, 11) is 1.77. The maximum atomic E-state index is 6.31. The minimum Gasteiger partial charge on any atom is -0.377 e. The van der Waals surface area contributed by atoms with Gasteiger partial charge in [0.1, 0.15) is 0 Å². The van der Waals surface area contributed by atoms with Gasteiger partial charge < -0.3 is 4.74 Å². The Balaban J connectivity index is 2.18. The van der Waals surface area contributed by atoms with Crippen LogP contribution < -0.4 is 0 Å². The molecule has 0 bridgehead atoms. The Morgan fingerprint density at radius 2 is 2.06 bits per heavy atom. The first-order chi connectivity index (χ1) is 7.81. The molecule has 1 aliphatic carbocycles. The Kier molecular flexibility index (Phi) is 4.03. The van der Waals surface area contributed by atoms with E-state index in [0.717, 1.165) is 30.7 Å². The van der Waals surface area contributed by atoms with Crippen molar-refractivity contribution in [2.24, 2.45) is 0 Å². The van der Waals surface area contributed by atoms with E-state index in [1.165, 1.54) is 11.1 Å². The van der Waals surface area contributed by atoms with E-state index in [4.69, 9.17) is 16.3 Å². The molecule has 0 aliphatic heterocycles. The second-order valence-electron chi connectivity index (χ2n) is 4.21. The van der Waals surface area contributed by atoms with Crippen LogP contribution >= 0.6 is 11.6 Å². The maximum Gasteiger partial charge on any atom is 0.0798 e. The van der Waals surface area contributed by atoms with Gasteiger partial charge in [0.05, 0.1) is 6.10 Å². The molecule has 0 fully saturated rings. The van der Waals surface area contributed by atoms with Crippen LogP contribution in [0.1, 0.15) is 24.8 Å². The van der Waals surface area contributed by atoms with Crippen LogP contribution in [-0.4, -0.2) is 13.2 Å². The molecule has 86 valence electrons. The topological polar surface area (TPSA) is 9.23 Å². The number of allylic oxidation sites excluding steroid dienone is 1. The van der Waals surface area contributed by atoms with Gasteiger partial charge in [-0.3, -0.25) is 0 Å². The van der Waals surface area contributed by atoms with Gasteiger partial charge >= 0.3 is 0 Å². The Morgan fingerprint density at radius 1 is 1.31 bits per heavy atom. The Hall–Kier alpha value is -0.790. The van der Waals surface area contributed by atoms with Gasteiger partial charge in [0.2, 0.25) is 0 Å². The van der Waals surface area contributed by atoms with Crippen molar-refractivity contribution in [1.29, 1.82) is 0 Å². The number of methoxy groups -OCH3 is 1. The average molecular weight is 237 g/mol. The van der Waals surface area contributed by atoms with Crippen LogP contribution in [-0.2, 0) is 11.2 Å². The van der Waals surface area contributed by atoms with Crippen molar-refractivity contribution < 1.29 is 4.74 Å². The van der Waals surface area contributed by atoms with Gasteiger partial charge in [0.25, 0.3) is 0 Å². The molecule has 0 amide bonds. The smallest absolute Gasteiger partial charge is 0.0798 e. The quantitative estimate of drug-likeness (QED) is 0.773. The molecule has 1 aromatic carbocycles. The normalized spacial score (nSPS) is 21.2. The zero-order valence-electron chi connectivity index (χ0n) is 9.58. The molecule has 16 heavy (non-hydrogen) atoms. The molecule has 0 spiro atoms. The molecule has 0 aromatic heterocycles. The van der Waals surface area contributed by atoms with E-state index < -0.39 is 0 Å². The van der Waals surface area contributed by atoms with E-state index in [9.17, 15) is 0 Å². The molecule has 1 unspecified atom stereocenters. The average Bonchev–Trinajstić information content (AvgIpc) is 2.33. The molecule has 0 saturated heterocycles. The van der Waals surface area contributed by atoms with E-state index >= 15 is 0 Å². The lowest BCUT2D eigenvalue weighted by molar-refractivity contribution is 0.115. The number of benzene rings is 1. The van der Waals surface area contributed by atoms with E-state index in [2.05, 4.69) is 24.3 Å². The van der Waals surface area contributed by atoms with Crippen LogP contribution in [0.2, 0.25) is 0 Å². The van der Waals surface area contributed by atoms with Crippen LogP contribution in [0.3, 0.4) is 0 Å². The fraction of sp³-hybridized carbons (Fsp3) is 0.429. The summed E-state index contributed by atoms with van der Waals surface area (Å²) in [6.45, 7) is 0. The minimum absolute atomic E-state index is 0.210. The van der Waals surface area contributed by atoms with Crippen molar-refractivity contribution in [1.82, 2.24) is 0 Å². The highest BCUT2D eigenvalue weighted by molar-refractivity contribution is 6.30. The summed E-state index contributed by atoms with van der Waals surface area (Å²) in [5.74, 6) is 0. The molecule has 0 saturated carbocycles. The van der Waals surface area contributed by atoms with Crippen molar-refractivity contribution in [2.75, 3.05) is 7.11 Å². The second kappa shape index (κ2) is 5.51. The van der Waals surface area contributed by atoms with Gasteiger partial charge in [-0.2, -0.15) is 0 Å². The summed E-state index contributed by atoms with van der Waals surface area (Å²) < 4.78 is 5.50. The summed E-state index contributed by atoms with van der Waals surface area (Å²) in [5, 5.41) is 1.00. The third kappa shape index (κ3) is 2.66. The molecule has 2 heteroatoms. The summed E-state index contributed by atoms with van der Waals surface area (Å²) >= 11 is 6.31. The summed E-state index contributed by atoms with van der Waals surface area (Å²) in [6.07, 6.45) is 4.35. The molecule has 1 aliphatic rings. The summed E-state index contributed by atoms with van der Waals surface area (Å²) in [4.78, 5) is 0. The van der Waals surface area contributed by atoms with Crippen LogP contribution in [0.15, 0.2) is 40.9 Å². The lowest BCUT2D eigenvalue weighted by atomic mass is 9.91. The SMILES string of the molecule is COC1CCCC(Cl)=C1Cc1ccccc1. The zero-order valence-corrected chi connectivity index (χ0v) is 10.3. The predicted molar refractivity (Wildman–Crippen MR) is 67.7 cm³/mol. The Bertz CT molecular complexity index is 370. The van der Waals surface area contributed by atoms with E-state index in [1.807, 2.05) is 6.07 Å². The maximum absolute atomic E-state index is 6.31. The van der Waals surface area contributed by atoms with Crippen molar-refractivity contribution in [3.8, 4) is 0 Å². The van der Waals surface area contributed by atoms with Crippen molar-refractivity contribution in [3.63, 3.8) is 0 Å². The molecule has 0 heterocycles. The highest BCUT2D eigenvalue weighted by atomic mass is 35.5. The second-order valence-corrected chi connectivity index (χ2v) is 4.67. The first-order valence-corrected chi connectivity index (χ1v) is 6.13. The van der Waals surface area contributed by atoms with Crippen LogP contribution in [0, 0.1) is 0 Å². The van der Waals surface area contributed by atoms with Crippen LogP contribution in [0.25, 0.3) is 0 Å². The van der Waals surface area contributed by atoms with Gasteiger partial charge in [-0.05, 0) is 36.8 Å². The summed E-state index contributed by atoms with van der Waals surface area (Å²) in [5.41, 5.74) is 2.57. The predicted octanol–water partition coefficient (Wildman–Crippen LogP) is 3.92. The van der Waals surface area contributed by atoms with E-state index in [0.29, 0.717) is 0 Å². The van der Waals surface area contributed by atoms with Gasteiger partial charge in [-0.25, -0.2) is 0 Å². The summed E-state index contributed by atoms with van der Waals surface area (Å²) in [6, 6.07) is 10.4. The number of hydrogen-bond acceptors (Lipinski definition) is 1. The number of ether oxygens (including phenoxy) is 1. The first-order valence-electron chi connectivity index (χ1n) is 5.75. The lowest BCUT2D eigenvalue weighted by Gasteiger charge is -2.25. The molecular formula is C14H17ClO. The van der Waals surface area contributed by atoms with Gasteiger partial charge in [0.15, 0.2) is 0 Å². The largest absolute Gasteiger partial charge is 0.377 e. The standard InChI is InChI=1S/C14H17ClO/c1-16-14-9-5-8-13(15)12(14)10-11-6-3-2-4-7-11/h2-4,6-7,14H,5,8-10H2,1H3. The number of hydrogen-bond donors (Lipinski definition) is 0. The van der Waals surface area contributed by atoms with E-state index in [1.54, 1.807) is 7.11 Å². The number of rotatable bonds is 3. The molecule has 1 aromatic rings. The van der Waals surface area contributed by atoms with Crippen molar-refractivity contribution >= 4 is 11.6 Å². The molecule has 2 rings (SSSR count). The highest BCUT2D eigenvalue weighted by Crippen LogP contribution is 2.31. The number of halogens is 1. The molecular weight excluding hydrogens is 220 g/mol. The van der Waals surface area contributed by atoms with Crippen LogP contribution in [0.5, 0.6) is 0 Å². The highest BCUT2D eigenvalue weighted by Gasteiger charge is 2.21. The third-order valence-corrected chi connectivity index (χ3v) is 3.55. The van der Waals surface area contributed by atoms with Gasteiger partial charge in [-0.15, -0.1) is 0 Å². The first kappa shape index (κ1) is 11.7. The van der Waals surface area contributed by atoms with Gasteiger partial charge in [0, 0.05) is 12.1 Å².